The number of pyridine rings is 1. The van der Waals surface area contributed by atoms with Gasteiger partial charge < -0.3 is 15.5 Å². The number of para-hydroxylation sites is 1. The van der Waals surface area contributed by atoms with Gasteiger partial charge in [-0.1, -0.05) is 18.2 Å². The van der Waals surface area contributed by atoms with Crippen LogP contribution in [-0.2, 0) is 9.59 Å². The van der Waals surface area contributed by atoms with Gasteiger partial charge in [-0.15, -0.1) is 0 Å². The quantitative estimate of drug-likeness (QED) is 0.816. The summed E-state index contributed by atoms with van der Waals surface area (Å²) in [4.78, 5) is 30.8. The van der Waals surface area contributed by atoms with Gasteiger partial charge in [0.15, 0.2) is 0 Å². The molecule has 2 amide bonds. The highest BCUT2D eigenvalue weighted by atomic mass is 16.2. The minimum absolute atomic E-state index is 0.384. The van der Waals surface area contributed by atoms with E-state index in [0.29, 0.717) is 18.2 Å². The number of rotatable bonds is 4. The molecule has 0 atom stereocenters. The highest BCUT2D eigenvalue weighted by Crippen LogP contribution is 2.22. The van der Waals surface area contributed by atoms with Crippen molar-refractivity contribution in [2.75, 3.05) is 29.9 Å². The van der Waals surface area contributed by atoms with Crippen LogP contribution in [0.15, 0.2) is 42.7 Å². The summed E-state index contributed by atoms with van der Waals surface area (Å²) in [5, 5.41) is 5.51. The maximum atomic E-state index is 12.2. The fourth-order valence-electron chi connectivity index (χ4n) is 3.44. The Bertz CT molecular complexity index is 779. The lowest BCUT2D eigenvalue weighted by Crippen LogP contribution is -2.42. The number of anilines is 2. The van der Waals surface area contributed by atoms with Crippen LogP contribution in [0.1, 0.15) is 24.0 Å². The molecule has 0 unspecified atom stereocenters. The second-order valence-electron chi connectivity index (χ2n) is 7.07. The smallest absolute Gasteiger partial charge is 0.313 e. The second kappa shape index (κ2) is 8.66. The van der Waals surface area contributed by atoms with Crippen molar-refractivity contribution in [3.05, 3.63) is 53.9 Å². The first kappa shape index (κ1) is 18.9. The van der Waals surface area contributed by atoms with Gasteiger partial charge in [0.05, 0.1) is 11.9 Å². The van der Waals surface area contributed by atoms with Crippen LogP contribution in [0.4, 0.5) is 11.4 Å². The zero-order valence-corrected chi connectivity index (χ0v) is 15.9. The number of nitrogens with zero attached hydrogens (tertiary/aromatic N) is 2. The van der Waals surface area contributed by atoms with E-state index in [4.69, 9.17) is 0 Å². The molecule has 27 heavy (non-hydrogen) atoms. The number of piperidine rings is 1. The minimum atomic E-state index is -0.611. The third-order valence-electron chi connectivity index (χ3n) is 5.10. The second-order valence-corrected chi connectivity index (χ2v) is 7.07. The molecule has 0 saturated carbocycles. The molecule has 3 rings (SSSR count). The molecule has 2 heterocycles. The van der Waals surface area contributed by atoms with E-state index >= 15 is 0 Å². The summed E-state index contributed by atoms with van der Waals surface area (Å²) in [7, 11) is 0. The third-order valence-corrected chi connectivity index (χ3v) is 5.10. The van der Waals surface area contributed by atoms with E-state index in [1.54, 1.807) is 6.20 Å². The molecule has 6 nitrogen and oxygen atoms in total. The van der Waals surface area contributed by atoms with Crippen LogP contribution in [-0.4, -0.2) is 36.4 Å². The summed E-state index contributed by atoms with van der Waals surface area (Å²) < 4.78 is 0. The molecule has 142 valence electrons. The van der Waals surface area contributed by atoms with Gasteiger partial charge in [-0.3, -0.25) is 14.6 Å². The van der Waals surface area contributed by atoms with Crippen molar-refractivity contribution < 1.29 is 9.59 Å². The first-order chi connectivity index (χ1) is 13.0. The fourth-order valence-corrected chi connectivity index (χ4v) is 3.44. The molecule has 0 aliphatic carbocycles. The molecule has 1 aromatic heterocycles. The standard InChI is InChI=1S/C21H26N4O2/c1-15-5-3-6-16(2)19(15)24-21(27)20(26)23-13-17-8-11-25(12-9-17)18-7-4-10-22-14-18/h3-7,10,14,17H,8-9,11-13H2,1-2H3,(H,23,26)(H,24,27). The first-order valence-electron chi connectivity index (χ1n) is 9.35. The molecule has 1 aliphatic heterocycles. The highest BCUT2D eigenvalue weighted by molar-refractivity contribution is 6.39. The van der Waals surface area contributed by atoms with Crippen LogP contribution in [0.3, 0.4) is 0 Å². The molecule has 2 N–H and O–H groups in total. The van der Waals surface area contributed by atoms with Crippen LogP contribution in [0, 0.1) is 19.8 Å². The fraction of sp³-hybridized carbons (Fsp3) is 0.381. The summed E-state index contributed by atoms with van der Waals surface area (Å²) >= 11 is 0. The molecule has 1 fully saturated rings. The average molecular weight is 366 g/mol. The largest absolute Gasteiger partial charge is 0.370 e. The zero-order chi connectivity index (χ0) is 19.2. The van der Waals surface area contributed by atoms with Gasteiger partial charge in [-0.2, -0.15) is 0 Å². The number of aromatic nitrogens is 1. The molecule has 1 aromatic carbocycles. The van der Waals surface area contributed by atoms with Gasteiger partial charge in [0.2, 0.25) is 0 Å². The van der Waals surface area contributed by atoms with Crippen molar-refractivity contribution in [1.29, 1.82) is 0 Å². The molecule has 1 saturated heterocycles. The monoisotopic (exact) mass is 366 g/mol. The lowest BCUT2D eigenvalue weighted by Gasteiger charge is -2.33. The number of amides is 2. The van der Waals surface area contributed by atoms with E-state index in [1.807, 2.05) is 44.3 Å². The number of benzene rings is 1. The summed E-state index contributed by atoms with van der Waals surface area (Å²) in [6.07, 6.45) is 5.61. The number of carbonyl (C=O) groups is 2. The number of nitrogens with one attached hydrogen (secondary N) is 2. The van der Waals surface area contributed by atoms with Crippen LogP contribution in [0.5, 0.6) is 0 Å². The minimum Gasteiger partial charge on any atom is -0.370 e. The van der Waals surface area contributed by atoms with E-state index in [9.17, 15) is 9.59 Å². The summed E-state index contributed by atoms with van der Waals surface area (Å²) in [5.74, 6) is -0.803. The number of aryl methyl sites for hydroxylation is 2. The SMILES string of the molecule is Cc1cccc(C)c1NC(=O)C(=O)NCC1CCN(c2cccnc2)CC1. The Morgan fingerprint density at radius 3 is 2.41 bits per heavy atom. The Hall–Kier alpha value is -2.89. The van der Waals surface area contributed by atoms with Crippen LogP contribution < -0.4 is 15.5 Å². The zero-order valence-electron chi connectivity index (χ0n) is 15.9. The number of hydrogen-bond acceptors (Lipinski definition) is 4. The van der Waals surface area contributed by atoms with Crippen molar-refractivity contribution >= 4 is 23.2 Å². The average Bonchev–Trinajstić information content (AvgIpc) is 2.70. The first-order valence-corrected chi connectivity index (χ1v) is 9.35. The molecule has 0 bridgehead atoms. The van der Waals surface area contributed by atoms with E-state index in [-0.39, 0.29) is 0 Å². The Morgan fingerprint density at radius 2 is 1.78 bits per heavy atom. The summed E-state index contributed by atoms with van der Waals surface area (Å²) in [6, 6.07) is 9.76. The predicted octanol–water partition coefficient (Wildman–Crippen LogP) is 2.67. The van der Waals surface area contributed by atoms with E-state index < -0.39 is 11.8 Å². The maximum absolute atomic E-state index is 12.2. The van der Waals surface area contributed by atoms with Crippen molar-refractivity contribution in [1.82, 2.24) is 10.3 Å². The lowest BCUT2D eigenvalue weighted by atomic mass is 9.96. The molecule has 2 aromatic rings. The van der Waals surface area contributed by atoms with E-state index in [2.05, 4.69) is 26.6 Å². The Morgan fingerprint density at radius 1 is 1.07 bits per heavy atom. The topological polar surface area (TPSA) is 74.3 Å². The van der Waals surface area contributed by atoms with Gasteiger partial charge in [0, 0.05) is 31.5 Å². The molecule has 0 radical (unpaired) electrons. The molecular formula is C21H26N4O2. The Kier molecular flexibility index (Phi) is 6.06. The van der Waals surface area contributed by atoms with Crippen molar-refractivity contribution in [3.8, 4) is 0 Å². The molecular weight excluding hydrogens is 340 g/mol. The van der Waals surface area contributed by atoms with Crippen LogP contribution in [0.25, 0.3) is 0 Å². The van der Waals surface area contributed by atoms with Crippen molar-refractivity contribution in [2.24, 2.45) is 5.92 Å². The van der Waals surface area contributed by atoms with E-state index in [1.165, 1.54) is 0 Å². The van der Waals surface area contributed by atoms with E-state index in [0.717, 1.165) is 42.7 Å². The van der Waals surface area contributed by atoms with Gasteiger partial charge >= 0.3 is 11.8 Å². The maximum Gasteiger partial charge on any atom is 0.313 e. The summed E-state index contributed by atoms with van der Waals surface area (Å²) in [6.45, 7) is 6.22. The Labute approximate surface area is 160 Å². The van der Waals surface area contributed by atoms with Gasteiger partial charge in [-0.25, -0.2) is 0 Å². The number of carbonyl (C=O) groups excluding carboxylic acids is 2. The van der Waals surface area contributed by atoms with Crippen LogP contribution in [0.2, 0.25) is 0 Å². The highest BCUT2D eigenvalue weighted by Gasteiger charge is 2.22. The lowest BCUT2D eigenvalue weighted by molar-refractivity contribution is -0.136. The van der Waals surface area contributed by atoms with Gasteiger partial charge in [0.25, 0.3) is 0 Å². The summed E-state index contributed by atoms with van der Waals surface area (Å²) in [5.41, 5.74) is 3.73. The molecule has 0 spiro atoms. The van der Waals surface area contributed by atoms with Crippen molar-refractivity contribution in [3.63, 3.8) is 0 Å². The van der Waals surface area contributed by atoms with Crippen molar-refractivity contribution in [2.45, 2.75) is 26.7 Å². The Balaban J connectivity index is 1.45. The molecule has 1 aliphatic rings. The van der Waals surface area contributed by atoms with Gasteiger partial charge in [-0.05, 0) is 55.9 Å². The predicted molar refractivity (Wildman–Crippen MR) is 107 cm³/mol. The third kappa shape index (κ3) is 4.84. The van der Waals surface area contributed by atoms with Crippen LogP contribution >= 0.6 is 0 Å². The molecule has 6 heteroatoms. The van der Waals surface area contributed by atoms with Gasteiger partial charge in [0.1, 0.15) is 0 Å². The number of hydrogen-bond donors (Lipinski definition) is 2. The normalized spacial score (nSPS) is 14.7.